The Hall–Kier alpha value is -2.34. The minimum absolute atomic E-state index is 0.0840. The van der Waals surface area contributed by atoms with Gasteiger partial charge in [0.1, 0.15) is 5.82 Å². The Morgan fingerprint density at radius 1 is 0.588 bits per heavy atom. The second kappa shape index (κ2) is 23.4. The SMILES string of the molecule is O=C(OCCCCCCCCCCCCCCCCCCCCBr)C(F)(F)S(=O)(=O)[OH+]S(c1ccccc1)(c1ccccc1)c1cccc(F)c1. The molecule has 3 aromatic rings. The van der Waals surface area contributed by atoms with Gasteiger partial charge < -0.3 is 4.74 Å². The van der Waals surface area contributed by atoms with Crippen LogP contribution in [-0.4, -0.2) is 35.2 Å². The first-order chi connectivity index (χ1) is 24.6. The van der Waals surface area contributed by atoms with Crippen molar-refractivity contribution in [1.82, 2.24) is 0 Å². The molecule has 0 heterocycles. The zero-order valence-electron chi connectivity index (χ0n) is 29.6. The van der Waals surface area contributed by atoms with Crippen LogP contribution < -0.4 is 0 Å². The summed E-state index contributed by atoms with van der Waals surface area (Å²) in [6, 6.07) is 21.1. The van der Waals surface area contributed by atoms with Gasteiger partial charge >= 0.3 is 21.3 Å². The van der Waals surface area contributed by atoms with E-state index in [0.717, 1.165) is 30.7 Å². The fourth-order valence-corrected chi connectivity index (χ4v) is 11.7. The molecule has 0 atom stereocenters. The molecule has 3 aromatic carbocycles. The van der Waals surface area contributed by atoms with Gasteiger partial charge in [0, 0.05) is 5.33 Å². The number of hydrogen-bond acceptors (Lipinski definition) is 4. The van der Waals surface area contributed by atoms with Gasteiger partial charge in [0.2, 0.25) is 0 Å². The molecule has 0 aliphatic carbocycles. The lowest BCUT2D eigenvalue weighted by Crippen LogP contribution is -2.42. The maximum Gasteiger partial charge on any atom is 0.514 e. The van der Waals surface area contributed by atoms with Gasteiger partial charge in [0.05, 0.1) is 31.6 Å². The van der Waals surface area contributed by atoms with Crippen molar-refractivity contribution in [3.8, 4) is 0 Å². The molecular formula is C40H55BrF3O5S2+. The second-order valence-corrected chi connectivity index (χ2v) is 18.3. The van der Waals surface area contributed by atoms with Crippen molar-refractivity contribution >= 4 is 42.3 Å². The maximum atomic E-state index is 15.5. The highest BCUT2D eigenvalue weighted by atomic mass is 79.9. The van der Waals surface area contributed by atoms with Gasteiger partial charge in [-0.15, -0.1) is 8.42 Å². The van der Waals surface area contributed by atoms with E-state index in [2.05, 4.69) is 19.6 Å². The standard InChI is InChI=1S/C40H54BrF3O5S2/c41-32-23-15-13-11-9-7-5-3-1-2-4-6-8-10-12-14-16-24-33-48-39(45)40(43,44)51(46,47)49-50(36-27-19-17-20-28-36,37-29-21-18-22-30-37)38-31-25-26-35(42)34-38/h17-22,25-31,34H,1-16,23-24,32-33H2/p+1. The van der Waals surface area contributed by atoms with Gasteiger partial charge in [-0.25, -0.2) is 9.18 Å². The van der Waals surface area contributed by atoms with Crippen molar-refractivity contribution in [2.45, 2.75) is 136 Å². The zero-order chi connectivity index (χ0) is 36.8. The van der Waals surface area contributed by atoms with Crippen LogP contribution in [0, 0.1) is 5.82 Å². The lowest BCUT2D eigenvalue weighted by atomic mass is 10.0. The quantitative estimate of drug-likeness (QED) is 0.0253. The van der Waals surface area contributed by atoms with Crippen LogP contribution in [0.2, 0.25) is 0 Å². The van der Waals surface area contributed by atoms with Crippen LogP contribution in [0.3, 0.4) is 0 Å². The predicted octanol–water partition coefficient (Wildman–Crippen LogP) is 13.0. The molecule has 0 saturated carbocycles. The molecule has 0 unspecified atom stereocenters. The minimum Gasteiger partial charge on any atom is -0.460 e. The van der Waals surface area contributed by atoms with E-state index in [1.165, 1.54) is 102 Å². The number of carbonyl (C=O) groups is 1. The molecule has 5 nitrogen and oxygen atoms in total. The van der Waals surface area contributed by atoms with Crippen molar-refractivity contribution in [3.05, 3.63) is 90.7 Å². The molecule has 3 rings (SSSR count). The summed E-state index contributed by atoms with van der Waals surface area (Å²) in [6.07, 6.45) is 21.0. The van der Waals surface area contributed by atoms with Crippen molar-refractivity contribution in [2.75, 3.05) is 11.9 Å². The maximum absolute atomic E-state index is 15.5. The highest BCUT2D eigenvalue weighted by Crippen LogP contribution is 2.68. The number of esters is 1. The first-order valence-electron chi connectivity index (χ1n) is 18.4. The number of alkyl halides is 3. The Morgan fingerprint density at radius 3 is 1.39 bits per heavy atom. The second-order valence-electron chi connectivity index (χ2n) is 12.9. The van der Waals surface area contributed by atoms with E-state index in [1.54, 1.807) is 60.7 Å². The number of carbonyl (C=O) groups excluding carboxylic acids is 1. The Kier molecular flexibility index (Phi) is 19.7. The molecule has 0 aromatic heterocycles. The smallest absolute Gasteiger partial charge is 0.460 e. The van der Waals surface area contributed by atoms with Gasteiger partial charge in [-0.05, 0) is 55.3 Å². The lowest BCUT2D eigenvalue weighted by molar-refractivity contribution is -0.161. The minimum atomic E-state index is -5.82. The summed E-state index contributed by atoms with van der Waals surface area (Å²) < 4.78 is 81.0. The zero-order valence-corrected chi connectivity index (χ0v) is 32.9. The third-order valence-corrected chi connectivity index (χ3v) is 14.7. The molecule has 0 radical (unpaired) electrons. The number of rotatable bonds is 27. The fourth-order valence-electron chi connectivity index (χ4n) is 6.00. The summed E-state index contributed by atoms with van der Waals surface area (Å²) in [6.45, 7) is -0.319. The van der Waals surface area contributed by atoms with E-state index >= 15 is 8.78 Å². The predicted molar refractivity (Wildman–Crippen MR) is 206 cm³/mol. The van der Waals surface area contributed by atoms with E-state index in [4.69, 9.17) is 4.74 Å². The van der Waals surface area contributed by atoms with Gasteiger partial charge in [-0.2, -0.15) is 8.78 Å². The van der Waals surface area contributed by atoms with Gasteiger partial charge in [0.25, 0.3) is 0 Å². The topological polar surface area (TPSA) is 73.2 Å². The summed E-state index contributed by atoms with van der Waals surface area (Å²) >= 11 is 3.48. The first kappa shape index (κ1) is 43.1. The highest BCUT2D eigenvalue weighted by Gasteiger charge is 2.63. The first-order valence-corrected chi connectivity index (χ1v) is 22.6. The third kappa shape index (κ3) is 13.9. The number of halogens is 4. The normalized spacial score (nSPS) is 12.5. The monoisotopic (exact) mass is 815 g/mol. The molecule has 0 aliphatic rings. The lowest BCUT2D eigenvalue weighted by Gasteiger charge is -2.35. The van der Waals surface area contributed by atoms with Crippen LogP contribution >= 0.6 is 26.2 Å². The molecule has 284 valence electrons. The van der Waals surface area contributed by atoms with Crippen LogP contribution in [0.15, 0.2) is 99.6 Å². The van der Waals surface area contributed by atoms with E-state index in [1.807, 2.05) is 0 Å². The summed E-state index contributed by atoms with van der Waals surface area (Å²) in [7, 11) is -9.20. The average molecular weight is 817 g/mol. The average Bonchev–Trinajstić information content (AvgIpc) is 3.13. The molecule has 0 saturated heterocycles. The van der Waals surface area contributed by atoms with Crippen LogP contribution in [0.1, 0.15) is 116 Å². The number of benzene rings is 3. The Morgan fingerprint density at radius 2 is 0.980 bits per heavy atom. The largest absolute Gasteiger partial charge is 0.514 e. The summed E-state index contributed by atoms with van der Waals surface area (Å²) in [5.41, 5.74) is 0. The molecule has 0 spiro atoms. The van der Waals surface area contributed by atoms with Crippen molar-refractivity contribution < 1.29 is 34.7 Å². The van der Waals surface area contributed by atoms with Crippen LogP contribution in [0.25, 0.3) is 0 Å². The van der Waals surface area contributed by atoms with Gasteiger partial charge in [0.15, 0.2) is 0 Å². The highest BCUT2D eigenvalue weighted by molar-refractivity contribution is 9.09. The molecule has 51 heavy (non-hydrogen) atoms. The summed E-state index contributed by atoms with van der Waals surface area (Å²) in [4.78, 5) is 13.2. The molecule has 0 aliphatic heterocycles. The van der Waals surface area contributed by atoms with Crippen LogP contribution in [0.5, 0.6) is 0 Å². The molecule has 0 bridgehead atoms. The number of unbranched alkanes of at least 4 members (excludes halogenated alkanes) is 17. The summed E-state index contributed by atoms with van der Waals surface area (Å²) in [5, 5.41) is -3.83. The third-order valence-electron chi connectivity index (χ3n) is 8.84. The van der Waals surface area contributed by atoms with E-state index in [9.17, 15) is 17.6 Å². The van der Waals surface area contributed by atoms with Crippen molar-refractivity contribution in [2.24, 2.45) is 0 Å². The number of hydrogen-bond donors (Lipinski definition) is 0. The molecule has 1 N–H and O–H groups in total. The Balaban J connectivity index is 1.42. The molecule has 0 amide bonds. The fraction of sp³-hybridized carbons (Fsp3) is 0.525. The molecule has 11 heteroatoms. The van der Waals surface area contributed by atoms with Crippen LogP contribution in [0.4, 0.5) is 13.2 Å². The van der Waals surface area contributed by atoms with Crippen LogP contribution in [-0.2, 0) is 19.6 Å². The van der Waals surface area contributed by atoms with E-state index in [-0.39, 0.29) is 21.3 Å². The van der Waals surface area contributed by atoms with Gasteiger partial charge in [-0.1, -0.05) is 161 Å². The summed E-state index contributed by atoms with van der Waals surface area (Å²) in [5.74, 6) is -2.85. The van der Waals surface area contributed by atoms with E-state index < -0.39 is 37.5 Å². The number of ether oxygens (including phenoxy) is 1. The molecule has 0 fully saturated rings. The van der Waals surface area contributed by atoms with Crippen molar-refractivity contribution in [1.29, 1.82) is 0 Å². The molecular weight excluding hydrogens is 761 g/mol. The van der Waals surface area contributed by atoms with Crippen molar-refractivity contribution in [3.63, 3.8) is 0 Å². The van der Waals surface area contributed by atoms with E-state index in [0.29, 0.717) is 12.8 Å². The van der Waals surface area contributed by atoms with Gasteiger partial charge in [-0.3, -0.25) is 3.63 Å². The Labute approximate surface area is 313 Å². The Bertz CT molecular complexity index is 1470.